The Morgan fingerprint density at radius 3 is 2.93 bits per heavy atom. The van der Waals surface area contributed by atoms with Gasteiger partial charge in [-0.3, -0.25) is 0 Å². The third-order valence-corrected chi connectivity index (χ3v) is 3.36. The number of halogens is 2. The van der Waals surface area contributed by atoms with E-state index in [0.29, 0.717) is 0 Å². The van der Waals surface area contributed by atoms with Crippen LogP contribution in [0.5, 0.6) is 0 Å². The van der Waals surface area contributed by atoms with Crippen LogP contribution in [-0.2, 0) is 0 Å². The highest BCUT2D eigenvalue weighted by Crippen LogP contribution is 2.24. The van der Waals surface area contributed by atoms with Crippen LogP contribution in [0.2, 0.25) is 5.02 Å². The van der Waals surface area contributed by atoms with Gasteiger partial charge in [0, 0.05) is 8.59 Å². The van der Waals surface area contributed by atoms with Crippen LogP contribution in [0.3, 0.4) is 0 Å². The van der Waals surface area contributed by atoms with Crippen LogP contribution in [0.1, 0.15) is 24.9 Å². The largest absolute Gasteiger partial charge is 0.307 e. The normalized spacial score (nSPS) is 12.5. The number of hydrogen-bond donors (Lipinski definition) is 1. The molecular formula is C12H15ClIN. The lowest BCUT2D eigenvalue weighted by molar-refractivity contribution is 0.612. The molecule has 0 aliphatic carbocycles. The molecule has 0 spiro atoms. The fraction of sp³-hybridized carbons (Fsp3) is 0.333. The summed E-state index contributed by atoms with van der Waals surface area (Å²) in [6.07, 6.45) is 3.03. The highest BCUT2D eigenvalue weighted by molar-refractivity contribution is 14.1. The SMILES string of the molecule is C=CC(NCCC)c1cc(Cl)ccc1I. The Balaban J connectivity index is 2.90. The van der Waals surface area contributed by atoms with E-state index in [2.05, 4.69) is 41.4 Å². The van der Waals surface area contributed by atoms with E-state index in [9.17, 15) is 0 Å². The van der Waals surface area contributed by atoms with Gasteiger partial charge in [-0.1, -0.05) is 24.6 Å². The summed E-state index contributed by atoms with van der Waals surface area (Å²) in [6.45, 7) is 6.99. The van der Waals surface area contributed by atoms with Gasteiger partial charge in [-0.25, -0.2) is 0 Å². The van der Waals surface area contributed by atoms with Gasteiger partial charge in [-0.2, -0.15) is 0 Å². The minimum absolute atomic E-state index is 0.190. The van der Waals surface area contributed by atoms with Crippen LogP contribution >= 0.6 is 34.2 Å². The summed E-state index contributed by atoms with van der Waals surface area (Å²) < 4.78 is 1.21. The van der Waals surface area contributed by atoms with Gasteiger partial charge in [0.1, 0.15) is 0 Å². The van der Waals surface area contributed by atoms with Gasteiger partial charge in [-0.05, 0) is 59.3 Å². The van der Waals surface area contributed by atoms with E-state index >= 15 is 0 Å². The summed E-state index contributed by atoms with van der Waals surface area (Å²) in [7, 11) is 0. The van der Waals surface area contributed by atoms with E-state index in [4.69, 9.17) is 11.6 Å². The zero-order valence-corrected chi connectivity index (χ0v) is 11.7. The molecule has 1 aromatic carbocycles. The molecule has 1 rings (SSSR count). The lowest BCUT2D eigenvalue weighted by Gasteiger charge is -2.16. The Hall–Kier alpha value is -0.0600. The smallest absolute Gasteiger partial charge is 0.0514 e. The standard InChI is InChI=1S/C12H15ClIN/c1-3-7-15-12(4-2)10-8-9(13)5-6-11(10)14/h4-6,8,12,15H,2-3,7H2,1H3. The maximum Gasteiger partial charge on any atom is 0.0514 e. The lowest BCUT2D eigenvalue weighted by Crippen LogP contribution is -2.20. The second-order valence-electron chi connectivity index (χ2n) is 3.33. The van der Waals surface area contributed by atoms with Crippen molar-refractivity contribution in [3.63, 3.8) is 0 Å². The highest BCUT2D eigenvalue weighted by Gasteiger charge is 2.10. The molecule has 0 aromatic heterocycles. The molecule has 1 nitrogen and oxygen atoms in total. The van der Waals surface area contributed by atoms with Crippen LogP contribution in [0, 0.1) is 3.57 Å². The van der Waals surface area contributed by atoms with Gasteiger partial charge in [0.2, 0.25) is 0 Å². The van der Waals surface area contributed by atoms with Gasteiger partial charge in [0.05, 0.1) is 6.04 Å². The van der Waals surface area contributed by atoms with Crippen molar-refractivity contribution in [2.45, 2.75) is 19.4 Å². The van der Waals surface area contributed by atoms with Gasteiger partial charge in [-0.15, -0.1) is 6.58 Å². The lowest BCUT2D eigenvalue weighted by atomic mass is 10.1. The third kappa shape index (κ3) is 3.78. The van der Waals surface area contributed by atoms with Crippen molar-refractivity contribution in [2.75, 3.05) is 6.54 Å². The van der Waals surface area contributed by atoms with Gasteiger partial charge >= 0.3 is 0 Å². The predicted octanol–water partition coefficient (Wildman–Crippen LogP) is 4.17. The third-order valence-electron chi connectivity index (χ3n) is 2.14. The number of benzene rings is 1. The first-order valence-electron chi connectivity index (χ1n) is 5.00. The Labute approximate surface area is 110 Å². The van der Waals surface area contributed by atoms with Crippen molar-refractivity contribution in [2.24, 2.45) is 0 Å². The Morgan fingerprint density at radius 1 is 1.60 bits per heavy atom. The summed E-state index contributed by atoms with van der Waals surface area (Å²) in [6, 6.07) is 6.13. The van der Waals surface area contributed by atoms with Crippen LogP contribution in [0.15, 0.2) is 30.9 Å². The van der Waals surface area contributed by atoms with Crippen molar-refractivity contribution in [3.05, 3.63) is 45.0 Å². The van der Waals surface area contributed by atoms with Gasteiger partial charge < -0.3 is 5.32 Å². The van der Waals surface area contributed by atoms with Crippen molar-refractivity contribution < 1.29 is 0 Å². The predicted molar refractivity (Wildman–Crippen MR) is 75.4 cm³/mol. The summed E-state index contributed by atoms with van der Waals surface area (Å²) in [4.78, 5) is 0. The van der Waals surface area contributed by atoms with Crippen molar-refractivity contribution in [3.8, 4) is 0 Å². The summed E-state index contributed by atoms with van der Waals surface area (Å²) in [5.74, 6) is 0. The maximum absolute atomic E-state index is 5.99. The van der Waals surface area contributed by atoms with Gasteiger partial charge in [0.25, 0.3) is 0 Å². The first-order chi connectivity index (χ1) is 7.19. The summed E-state index contributed by atoms with van der Waals surface area (Å²) in [5.41, 5.74) is 1.20. The molecule has 0 aliphatic rings. The molecule has 0 bridgehead atoms. The van der Waals surface area contributed by atoms with E-state index in [1.807, 2.05) is 24.3 Å². The van der Waals surface area contributed by atoms with E-state index in [-0.39, 0.29) is 6.04 Å². The molecule has 82 valence electrons. The molecule has 0 saturated carbocycles. The Bertz CT molecular complexity index is 338. The molecule has 1 unspecified atom stereocenters. The molecule has 0 aliphatic heterocycles. The fourth-order valence-corrected chi connectivity index (χ4v) is 2.22. The second kappa shape index (κ2) is 6.51. The second-order valence-corrected chi connectivity index (χ2v) is 4.93. The molecule has 0 amide bonds. The molecule has 1 aromatic rings. The Kier molecular flexibility index (Phi) is 5.64. The van der Waals surface area contributed by atoms with Crippen LogP contribution in [0.4, 0.5) is 0 Å². The summed E-state index contributed by atoms with van der Waals surface area (Å²) >= 11 is 8.31. The average molecular weight is 336 g/mol. The Morgan fingerprint density at radius 2 is 2.33 bits per heavy atom. The molecular weight excluding hydrogens is 320 g/mol. The summed E-state index contributed by atoms with van der Waals surface area (Å²) in [5, 5.41) is 4.20. The number of nitrogens with one attached hydrogen (secondary N) is 1. The van der Waals surface area contributed by atoms with Crippen molar-refractivity contribution in [1.82, 2.24) is 5.32 Å². The molecule has 0 fully saturated rings. The quantitative estimate of drug-likeness (QED) is 0.629. The first-order valence-corrected chi connectivity index (χ1v) is 6.45. The molecule has 1 atom stereocenters. The zero-order chi connectivity index (χ0) is 11.3. The molecule has 15 heavy (non-hydrogen) atoms. The van der Waals surface area contributed by atoms with Crippen molar-refractivity contribution >= 4 is 34.2 Å². The minimum atomic E-state index is 0.190. The van der Waals surface area contributed by atoms with Gasteiger partial charge in [0.15, 0.2) is 0 Å². The van der Waals surface area contributed by atoms with Crippen molar-refractivity contribution in [1.29, 1.82) is 0 Å². The van der Waals surface area contributed by atoms with Crippen LogP contribution < -0.4 is 5.32 Å². The maximum atomic E-state index is 5.99. The van der Waals surface area contributed by atoms with Crippen LogP contribution in [0.25, 0.3) is 0 Å². The molecule has 0 saturated heterocycles. The fourth-order valence-electron chi connectivity index (χ4n) is 1.37. The topological polar surface area (TPSA) is 12.0 Å². The van der Waals surface area contributed by atoms with E-state index in [1.54, 1.807) is 0 Å². The monoisotopic (exact) mass is 335 g/mol. The minimum Gasteiger partial charge on any atom is -0.307 e. The molecule has 0 radical (unpaired) electrons. The van der Waals surface area contributed by atoms with E-state index in [1.165, 1.54) is 9.13 Å². The first kappa shape index (κ1) is 13.0. The van der Waals surface area contributed by atoms with Crippen LogP contribution in [-0.4, -0.2) is 6.54 Å². The number of rotatable bonds is 5. The number of hydrogen-bond acceptors (Lipinski definition) is 1. The molecule has 1 N–H and O–H groups in total. The average Bonchev–Trinajstić information content (AvgIpc) is 2.24. The van der Waals surface area contributed by atoms with E-state index in [0.717, 1.165) is 18.0 Å². The highest BCUT2D eigenvalue weighted by atomic mass is 127. The molecule has 0 heterocycles. The molecule has 3 heteroatoms. The van der Waals surface area contributed by atoms with E-state index < -0.39 is 0 Å². The zero-order valence-electron chi connectivity index (χ0n) is 8.76.